The molecule has 6 nitrogen and oxygen atoms in total. The molecule has 1 aliphatic heterocycles. The van der Waals surface area contributed by atoms with Crippen molar-refractivity contribution in [2.24, 2.45) is 0 Å². The van der Waals surface area contributed by atoms with Gasteiger partial charge in [-0.25, -0.2) is 9.82 Å². The van der Waals surface area contributed by atoms with Crippen LogP contribution in [0.15, 0.2) is 71.6 Å². The molecule has 29 heavy (non-hydrogen) atoms. The number of carbonyl (C=O) groups excluding carboxylic acids is 1. The van der Waals surface area contributed by atoms with Crippen LogP contribution < -0.4 is 15.2 Å². The van der Waals surface area contributed by atoms with Crippen LogP contribution in [0.3, 0.4) is 0 Å². The van der Waals surface area contributed by atoms with E-state index in [1.807, 2.05) is 0 Å². The van der Waals surface area contributed by atoms with Crippen LogP contribution >= 0.6 is 11.6 Å². The predicted molar refractivity (Wildman–Crippen MR) is 109 cm³/mol. The zero-order chi connectivity index (χ0) is 20.6. The molecule has 0 aliphatic carbocycles. The summed E-state index contributed by atoms with van der Waals surface area (Å²) in [5.74, 6) is -1.47. The van der Waals surface area contributed by atoms with Crippen molar-refractivity contribution in [1.82, 2.24) is 5.43 Å². The summed E-state index contributed by atoms with van der Waals surface area (Å²) in [5.41, 5.74) is 4.00. The van der Waals surface area contributed by atoms with Gasteiger partial charge in [0, 0.05) is 12.2 Å². The molecule has 0 spiro atoms. The van der Waals surface area contributed by atoms with E-state index in [4.69, 9.17) is 11.6 Å². The van der Waals surface area contributed by atoms with Gasteiger partial charge in [0.2, 0.25) is 0 Å². The number of benzene rings is 3. The third-order valence-corrected chi connectivity index (χ3v) is 6.44. The van der Waals surface area contributed by atoms with E-state index in [9.17, 15) is 17.6 Å². The van der Waals surface area contributed by atoms with Gasteiger partial charge in [0.1, 0.15) is 5.82 Å². The Hall–Kier alpha value is -2.94. The van der Waals surface area contributed by atoms with E-state index in [0.717, 1.165) is 16.0 Å². The van der Waals surface area contributed by atoms with Crippen LogP contribution in [-0.4, -0.2) is 14.3 Å². The summed E-state index contributed by atoms with van der Waals surface area (Å²) in [6.07, 6.45) is 0. The van der Waals surface area contributed by atoms with Crippen molar-refractivity contribution in [2.45, 2.75) is 11.4 Å². The van der Waals surface area contributed by atoms with Gasteiger partial charge in [-0.15, -0.1) is 0 Å². The van der Waals surface area contributed by atoms with E-state index >= 15 is 0 Å². The van der Waals surface area contributed by atoms with E-state index in [0.29, 0.717) is 17.9 Å². The number of hydrazine groups is 1. The maximum atomic E-state index is 14.0. The molecule has 0 atom stereocenters. The second kappa shape index (κ2) is 7.47. The number of amides is 1. The van der Waals surface area contributed by atoms with E-state index in [2.05, 4.69) is 10.7 Å². The second-order valence-corrected chi connectivity index (χ2v) is 8.51. The van der Waals surface area contributed by atoms with Crippen molar-refractivity contribution in [3.05, 3.63) is 88.7 Å². The lowest BCUT2D eigenvalue weighted by Gasteiger charge is -2.20. The zero-order valence-electron chi connectivity index (χ0n) is 14.9. The highest BCUT2D eigenvalue weighted by atomic mass is 35.5. The molecule has 9 heteroatoms. The van der Waals surface area contributed by atoms with Gasteiger partial charge in [0.25, 0.3) is 15.9 Å². The van der Waals surface area contributed by atoms with E-state index in [1.165, 1.54) is 30.3 Å². The summed E-state index contributed by atoms with van der Waals surface area (Å²) in [7, 11) is -3.83. The van der Waals surface area contributed by atoms with Gasteiger partial charge < -0.3 is 5.32 Å². The molecule has 2 N–H and O–H groups in total. The van der Waals surface area contributed by atoms with E-state index in [1.54, 1.807) is 30.3 Å². The van der Waals surface area contributed by atoms with Crippen molar-refractivity contribution in [3.8, 4) is 0 Å². The molecule has 3 aromatic carbocycles. The predicted octanol–water partition coefficient (Wildman–Crippen LogP) is 3.94. The minimum absolute atomic E-state index is 0.0152. The Morgan fingerprint density at radius 1 is 1.07 bits per heavy atom. The van der Waals surface area contributed by atoms with Gasteiger partial charge in [-0.1, -0.05) is 41.9 Å². The third-order valence-electron chi connectivity index (χ3n) is 4.45. The molecular formula is C20H15ClFN3O3S. The van der Waals surface area contributed by atoms with Crippen LogP contribution in [0.5, 0.6) is 0 Å². The maximum absolute atomic E-state index is 14.0. The van der Waals surface area contributed by atoms with Crippen molar-refractivity contribution in [1.29, 1.82) is 0 Å². The Balaban J connectivity index is 1.66. The summed E-state index contributed by atoms with van der Waals surface area (Å²) >= 11 is 5.94. The Morgan fingerprint density at radius 2 is 1.83 bits per heavy atom. The van der Waals surface area contributed by atoms with Crippen molar-refractivity contribution in [3.63, 3.8) is 0 Å². The number of nitrogens with zero attached hydrogens (tertiary/aromatic N) is 1. The molecule has 0 fully saturated rings. The van der Waals surface area contributed by atoms with Gasteiger partial charge in [0.05, 0.1) is 21.2 Å². The van der Waals surface area contributed by atoms with Crippen molar-refractivity contribution < 1.29 is 17.6 Å². The molecule has 0 saturated heterocycles. The number of fused-ring (bicyclic) bond motifs is 1. The lowest BCUT2D eigenvalue weighted by atomic mass is 10.1. The maximum Gasteiger partial charge on any atom is 0.277 e. The number of nitrogens with one attached hydrogen (secondary N) is 2. The summed E-state index contributed by atoms with van der Waals surface area (Å²) in [6, 6.07) is 16.8. The number of anilines is 2. The number of hydrogen-bond acceptors (Lipinski definition) is 4. The molecule has 1 aliphatic rings. The monoisotopic (exact) mass is 431 g/mol. The number of rotatable bonds is 4. The molecule has 0 radical (unpaired) electrons. The average molecular weight is 432 g/mol. The number of hydrogen-bond donors (Lipinski definition) is 2. The topological polar surface area (TPSA) is 78.5 Å². The number of halogens is 2. The van der Waals surface area contributed by atoms with Crippen LogP contribution in [0.25, 0.3) is 0 Å². The van der Waals surface area contributed by atoms with Gasteiger partial charge in [-0.05, 0) is 42.0 Å². The molecule has 0 aromatic heterocycles. The SMILES string of the molecule is O=C(Nc1ccc2c(c1)N(S(=O)(=O)c1ccccc1)NC2)c1c(F)cccc1Cl. The minimum atomic E-state index is -3.83. The molecule has 0 saturated carbocycles. The fourth-order valence-corrected chi connectivity index (χ4v) is 4.67. The van der Waals surface area contributed by atoms with E-state index in [-0.39, 0.29) is 15.5 Å². The normalized spacial score (nSPS) is 13.2. The van der Waals surface area contributed by atoms with Gasteiger partial charge in [0.15, 0.2) is 0 Å². The van der Waals surface area contributed by atoms with Gasteiger partial charge in [-0.3, -0.25) is 4.79 Å². The second-order valence-electron chi connectivity index (χ2n) is 6.31. The molecule has 1 amide bonds. The molecule has 1 heterocycles. The molecule has 3 aromatic rings. The summed E-state index contributed by atoms with van der Waals surface area (Å²) in [5, 5.41) is 2.55. The summed E-state index contributed by atoms with van der Waals surface area (Å²) in [4.78, 5) is 12.6. The van der Waals surface area contributed by atoms with Gasteiger partial charge >= 0.3 is 0 Å². The van der Waals surface area contributed by atoms with Crippen molar-refractivity contribution >= 4 is 38.9 Å². The highest BCUT2D eigenvalue weighted by Crippen LogP contribution is 2.33. The fourth-order valence-electron chi connectivity index (χ4n) is 3.04. The summed E-state index contributed by atoms with van der Waals surface area (Å²) in [6.45, 7) is 0.314. The lowest BCUT2D eigenvalue weighted by molar-refractivity contribution is 0.102. The van der Waals surface area contributed by atoms with E-state index < -0.39 is 21.7 Å². The first-order chi connectivity index (χ1) is 13.9. The Bertz CT molecular complexity index is 1180. The van der Waals surface area contributed by atoms with Crippen LogP contribution in [0.4, 0.5) is 15.8 Å². The number of carbonyl (C=O) groups is 1. The zero-order valence-corrected chi connectivity index (χ0v) is 16.5. The molecule has 0 bridgehead atoms. The first kappa shape index (κ1) is 19.4. The number of sulfonamides is 1. The molecule has 0 unspecified atom stereocenters. The van der Waals surface area contributed by atoms with Crippen molar-refractivity contribution in [2.75, 3.05) is 9.73 Å². The highest BCUT2D eigenvalue weighted by Gasteiger charge is 2.31. The Kier molecular flexibility index (Phi) is 4.99. The average Bonchev–Trinajstić information content (AvgIpc) is 3.12. The van der Waals surface area contributed by atoms with Crippen LogP contribution in [0.2, 0.25) is 5.02 Å². The molecule has 4 rings (SSSR count). The first-order valence-electron chi connectivity index (χ1n) is 8.60. The molecular weight excluding hydrogens is 417 g/mol. The smallest absolute Gasteiger partial charge is 0.277 e. The third kappa shape index (κ3) is 3.57. The van der Waals surface area contributed by atoms with Crippen LogP contribution in [0, 0.1) is 5.82 Å². The highest BCUT2D eigenvalue weighted by molar-refractivity contribution is 7.92. The Morgan fingerprint density at radius 3 is 2.55 bits per heavy atom. The lowest BCUT2D eigenvalue weighted by Crippen LogP contribution is -2.38. The first-order valence-corrected chi connectivity index (χ1v) is 10.4. The summed E-state index contributed by atoms with van der Waals surface area (Å²) < 4.78 is 41.0. The largest absolute Gasteiger partial charge is 0.322 e. The standard InChI is InChI=1S/C20H15ClFN3O3S/c21-16-7-4-8-17(22)19(16)20(26)24-14-10-9-13-12-23-25(18(13)11-14)29(27,28)15-5-2-1-3-6-15/h1-11,23H,12H2,(H,24,26). The van der Waals surface area contributed by atoms with Crippen LogP contribution in [-0.2, 0) is 16.6 Å². The fraction of sp³-hybridized carbons (Fsp3) is 0.0500. The quantitative estimate of drug-likeness (QED) is 0.655. The molecule has 148 valence electrons. The van der Waals surface area contributed by atoms with Gasteiger partial charge in [-0.2, -0.15) is 12.8 Å². The minimum Gasteiger partial charge on any atom is -0.322 e. The Labute approximate surface area is 171 Å². The van der Waals surface area contributed by atoms with Crippen LogP contribution in [0.1, 0.15) is 15.9 Å².